The molecule has 168 valence electrons. The van der Waals surface area contributed by atoms with Gasteiger partial charge in [0.2, 0.25) is 0 Å². The zero-order valence-electron chi connectivity index (χ0n) is 18.8. The van der Waals surface area contributed by atoms with Crippen LogP contribution in [0.15, 0.2) is 61.1 Å². The van der Waals surface area contributed by atoms with Gasteiger partial charge < -0.3 is 10.1 Å². The molecule has 1 aliphatic heterocycles. The first-order chi connectivity index (χ1) is 15.6. The monoisotopic (exact) mass is 433 g/mol. The second-order valence-corrected chi connectivity index (χ2v) is 8.44. The first kappa shape index (κ1) is 22.2. The summed E-state index contributed by atoms with van der Waals surface area (Å²) in [7, 11) is 0. The number of nitrogens with one attached hydrogen (secondary N) is 1. The third kappa shape index (κ3) is 5.81. The second-order valence-electron chi connectivity index (χ2n) is 8.44. The van der Waals surface area contributed by atoms with E-state index >= 15 is 0 Å². The van der Waals surface area contributed by atoms with Crippen LogP contribution in [0, 0.1) is 0 Å². The number of carbonyl (C=O) groups is 1. The van der Waals surface area contributed by atoms with Gasteiger partial charge in [0.15, 0.2) is 0 Å². The Balaban J connectivity index is 1.41. The van der Waals surface area contributed by atoms with E-state index in [0.717, 1.165) is 37.2 Å². The molecule has 0 radical (unpaired) electrons. The first-order valence-electron chi connectivity index (χ1n) is 11.3. The maximum Gasteiger partial charge on any atom is 0.255 e. The number of aromatic nitrogens is 3. The molecule has 1 aliphatic rings. The molecule has 3 heterocycles. The topological polar surface area (TPSA) is 72.3 Å². The van der Waals surface area contributed by atoms with Gasteiger partial charge in [-0.3, -0.25) is 19.4 Å². The normalized spacial score (nSPS) is 19.1. The smallest absolute Gasteiger partial charge is 0.255 e. The first-order valence-corrected chi connectivity index (χ1v) is 11.3. The second kappa shape index (κ2) is 10.5. The molecule has 7 nitrogen and oxygen atoms in total. The fourth-order valence-electron chi connectivity index (χ4n) is 4.22. The molecule has 0 spiro atoms. The van der Waals surface area contributed by atoms with E-state index in [0.29, 0.717) is 24.3 Å². The van der Waals surface area contributed by atoms with Gasteiger partial charge in [0.1, 0.15) is 5.69 Å². The van der Waals surface area contributed by atoms with Crippen molar-refractivity contribution in [3.63, 3.8) is 0 Å². The minimum Gasteiger partial charge on any atom is -0.373 e. The highest BCUT2D eigenvalue weighted by atomic mass is 16.5. The van der Waals surface area contributed by atoms with Crippen molar-refractivity contribution in [2.45, 2.75) is 39.0 Å². The number of morpholine rings is 1. The van der Waals surface area contributed by atoms with Gasteiger partial charge in [0.05, 0.1) is 24.3 Å². The number of carbonyl (C=O) groups excluding carboxylic acids is 1. The Morgan fingerprint density at radius 3 is 2.62 bits per heavy atom. The van der Waals surface area contributed by atoms with Gasteiger partial charge >= 0.3 is 0 Å². The Morgan fingerprint density at radius 1 is 1.12 bits per heavy atom. The number of pyridine rings is 1. The van der Waals surface area contributed by atoms with E-state index in [1.807, 2.05) is 41.2 Å². The van der Waals surface area contributed by atoms with Gasteiger partial charge in [-0.1, -0.05) is 30.3 Å². The van der Waals surface area contributed by atoms with E-state index in [4.69, 9.17) is 9.84 Å². The molecule has 2 aromatic heterocycles. The summed E-state index contributed by atoms with van der Waals surface area (Å²) in [5.74, 6) is -0.105. The summed E-state index contributed by atoms with van der Waals surface area (Å²) in [6, 6.07) is 13.9. The van der Waals surface area contributed by atoms with E-state index < -0.39 is 0 Å². The Kier molecular flexibility index (Phi) is 7.29. The largest absolute Gasteiger partial charge is 0.373 e. The van der Waals surface area contributed by atoms with Gasteiger partial charge in [-0.2, -0.15) is 5.10 Å². The van der Waals surface area contributed by atoms with Crippen LogP contribution >= 0.6 is 0 Å². The van der Waals surface area contributed by atoms with Crippen LogP contribution in [0.5, 0.6) is 0 Å². The molecule has 2 atom stereocenters. The quantitative estimate of drug-likeness (QED) is 0.552. The standard InChI is InChI=1S/C25H31N5O2/c1-19-15-29(16-20(2)32-19)13-7-12-27-25(31)23-18-30(17-21-8-4-3-5-9-21)28-24(23)22-10-6-11-26-14-22/h3-6,8-11,14,18-20H,7,12-13,15-17H2,1-2H3,(H,27,31)/t19-,20-/m0/s1. The average Bonchev–Trinajstić information content (AvgIpc) is 3.21. The van der Waals surface area contributed by atoms with Gasteiger partial charge in [-0.05, 0) is 38.0 Å². The summed E-state index contributed by atoms with van der Waals surface area (Å²) in [5.41, 5.74) is 3.19. The van der Waals surface area contributed by atoms with Crippen LogP contribution in [0.25, 0.3) is 11.3 Å². The lowest BCUT2D eigenvalue weighted by molar-refractivity contribution is -0.0679. The molecule has 0 saturated carbocycles. The molecule has 1 amide bonds. The summed E-state index contributed by atoms with van der Waals surface area (Å²) in [4.78, 5) is 19.6. The maximum atomic E-state index is 13.0. The number of nitrogens with zero attached hydrogens (tertiary/aromatic N) is 4. The summed E-state index contributed by atoms with van der Waals surface area (Å²) in [6.45, 7) is 8.27. The molecule has 1 saturated heterocycles. The summed E-state index contributed by atoms with van der Waals surface area (Å²) < 4.78 is 7.62. The fraction of sp³-hybridized carbons (Fsp3) is 0.400. The molecule has 3 aromatic rings. The number of amides is 1. The van der Waals surface area contributed by atoms with Crippen LogP contribution in [0.3, 0.4) is 0 Å². The fourth-order valence-corrected chi connectivity index (χ4v) is 4.22. The third-order valence-corrected chi connectivity index (χ3v) is 5.56. The molecule has 32 heavy (non-hydrogen) atoms. The number of benzene rings is 1. The van der Waals surface area contributed by atoms with Crippen LogP contribution < -0.4 is 5.32 Å². The minimum absolute atomic E-state index is 0.105. The van der Waals surface area contributed by atoms with Crippen LogP contribution in [0.2, 0.25) is 0 Å². The number of ether oxygens (including phenoxy) is 1. The van der Waals surface area contributed by atoms with Crippen molar-refractivity contribution in [3.05, 3.63) is 72.2 Å². The maximum absolute atomic E-state index is 13.0. The Bertz CT molecular complexity index is 996. The Hall–Kier alpha value is -3.03. The van der Waals surface area contributed by atoms with Crippen LogP contribution in [-0.4, -0.2) is 64.0 Å². The molecule has 1 fully saturated rings. The van der Waals surface area contributed by atoms with Crippen molar-refractivity contribution in [1.82, 2.24) is 25.0 Å². The van der Waals surface area contributed by atoms with Gasteiger partial charge in [0.25, 0.3) is 5.91 Å². The van der Waals surface area contributed by atoms with E-state index in [-0.39, 0.29) is 18.1 Å². The number of hydrogen-bond acceptors (Lipinski definition) is 5. The van der Waals surface area contributed by atoms with E-state index in [1.54, 1.807) is 12.4 Å². The molecule has 0 aliphatic carbocycles. The zero-order chi connectivity index (χ0) is 22.3. The number of hydrogen-bond donors (Lipinski definition) is 1. The molecule has 1 N–H and O–H groups in total. The predicted molar refractivity (Wildman–Crippen MR) is 124 cm³/mol. The van der Waals surface area contributed by atoms with Crippen molar-refractivity contribution in [2.24, 2.45) is 0 Å². The molecule has 4 rings (SSSR count). The molecule has 0 bridgehead atoms. The van der Waals surface area contributed by atoms with Crippen molar-refractivity contribution >= 4 is 5.91 Å². The molecule has 7 heteroatoms. The lowest BCUT2D eigenvalue weighted by Gasteiger charge is -2.35. The van der Waals surface area contributed by atoms with Crippen molar-refractivity contribution < 1.29 is 9.53 Å². The van der Waals surface area contributed by atoms with Crippen molar-refractivity contribution in [3.8, 4) is 11.3 Å². The highest BCUT2D eigenvalue weighted by molar-refractivity contribution is 5.99. The van der Waals surface area contributed by atoms with Crippen LogP contribution in [-0.2, 0) is 11.3 Å². The van der Waals surface area contributed by atoms with E-state index in [1.165, 1.54) is 0 Å². The minimum atomic E-state index is -0.105. The molecule has 1 aromatic carbocycles. The van der Waals surface area contributed by atoms with Crippen molar-refractivity contribution in [1.29, 1.82) is 0 Å². The molecule has 0 unspecified atom stereocenters. The van der Waals surface area contributed by atoms with E-state index in [2.05, 4.69) is 41.2 Å². The summed E-state index contributed by atoms with van der Waals surface area (Å²) in [5, 5.41) is 7.79. The van der Waals surface area contributed by atoms with Crippen LogP contribution in [0.4, 0.5) is 0 Å². The average molecular weight is 434 g/mol. The SMILES string of the molecule is C[C@H]1CN(CCCNC(=O)c2cn(Cc3ccccc3)nc2-c2cccnc2)C[C@H](C)O1. The Morgan fingerprint density at radius 2 is 1.91 bits per heavy atom. The highest BCUT2D eigenvalue weighted by Crippen LogP contribution is 2.22. The van der Waals surface area contributed by atoms with Gasteiger partial charge in [-0.25, -0.2) is 0 Å². The lowest BCUT2D eigenvalue weighted by atomic mass is 10.1. The summed E-state index contributed by atoms with van der Waals surface area (Å²) >= 11 is 0. The zero-order valence-corrected chi connectivity index (χ0v) is 18.8. The third-order valence-electron chi connectivity index (χ3n) is 5.56. The molecular formula is C25H31N5O2. The van der Waals surface area contributed by atoms with Gasteiger partial charge in [0, 0.05) is 50.3 Å². The van der Waals surface area contributed by atoms with Crippen molar-refractivity contribution in [2.75, 3.05) is 26.2 Å². The lowest BCUT2D eigenvalue weighted by Crippen LogP contribution is -2.46. The highest BCUT2D eigenvalue weighted by Gasteiger charge is 2.22. The van der Waals surface area contributed by atoms with Gasteiger partial charge in [-0.15, -0.1) is 0 Å². The molecular weight excluding hydrogens is 402 g/mol. The predicted octanol–water partition coefficient (Wildman–Crippen LogP) is 3.22. The van der Waals surface area contributed by atoms with Crippen LogP contribution in [0.1, 0.15) is 36.2 Å². The Labute approximate surface area is 189 Å². The summed E-state index contributed by atoms with van der Waals surface area (Å²) in [6.07, 6.45) is 6.70. The van der Waals surface area contributed by atoms with E-state index in [9.17, 15) is 4.79 Å². The number of rotatable bonds is 8.